The van der Waals surface area contributed by atoms with Gasteiger partial charge in [0.25, 0.3) is 5.22 Å². The minimum absolute atomic E-state index is 0.0254. The van der Waals surface area contributed by atoms with Crippen LogP contribution in [0.2, 0.25) is 5.02 Å². The van der Waals surface area contributed by atoms with Crippen molar-refractivity contribution in [2.45, 2.75) is 19.1 Å². The fourth-order valence-electron chi connectivity index (χ4n) is 3.64. The summed E-state index contributed by atoms with van der Waals surface area (Å²) in [6.45, 7) is 6.90. The number of aromatic nitrogens is 2. The molecule has 0 spiro atoms. The number of halogens is 1. The Labute approximate surface area is 207 Å². The molecule has 0 atom stereocenters. The first kappa shape index (κ1) is 24.1. The van der Waals surface area contributed by atoms with Crippen LogP contribution in [-0.2, 0) is 9.59 Å². The number of piperazine rings is 1. The lowest BCUT2D eigenvalue weighted by Gasteiger charge is -2.37. The highest BCUT2D eigenvalue weighted by molar-refractivity contribution is 7.99. The zero-order valence-electron chi connectivity index (χ0n) is 19.0. The predicted molar refractivity (Wildman–Crippen MR) is 134 cm³/mol. The van der Waals surface area contributed by atoms with Crippen molar-refractivity contribution in [3.8, 4) is 11.5 Å². The average Bonchev–Trinajstić information content (AvgIpc) is 3.32. The van der Waals surface area contributed by atoms with Gasteiger partial charge in [0.2, 0.25) is 17.7 Å². The first-order chi connectivity index (χ1) is 16.4. The Morgan fingerprint density at radius 2 is 1.82 bits per heavy atom. The van der Waals surface area contributed by atoms with Gasteiger partial charge in [-0.1, -0.05) is 43.3 Å². The van der Waals surface area contributed by atoms with Gasteiger partial charge in [0.15, 0.2) is 0 Å². The molecule has 1 fully saturated rings. The molecule has 1 aromatic heterocycles. The summed E-state index contributed by atoms with van der Waals surface area (Å²) in [6.07, 6.45) is 0. The molecule has 178 valence electrons. The number of thioether (sulfide) groups is 1. The molecular formula is C24H26ClN5O3S. The van der Waals surface area contributed by atoms with Gasteiger partial charge in [-0.25, -0.2) is 0 Å². The van der Waals surface area contributed by atoms with Gasteiger partial charge >= 0.3 is 0 Å². The summed E-state index contributed by atoms with van der Waals surface area (Å²) in [5.41, 5.74) is 2.51. The molecule has 0 saturated carbocycles. The summed E-state index contributed by atoms with van der Waals surface area (Å²) in [5, 5.41) is 11.8. The summed E-state index contributed by atoms with van der Waals surface area (Å²) in [6, 6.07) is 14.9. The number of hydrogen-bond donors (Lipinski definition) is 1. The van der Waals surface area contributed by atoms with Crippen molar-refractivity contribution in [3.05, 3.63) is 53.6 Å². The highest BCUT2D eigenvalue weighted by atomic mass is 35.5. The maximum atomic E-state index is 12.4. The summed E-state index contributed by atoms with van der Waals surface area (Å²) in [4.78, 5) is 28.7. The van der Waals surface area contributed by atoms with Crippen molar-refractivity contribution >= 4 is 46.6 Å². The van der Waals surface area contributed by atoms with Crippen molar-refractivity contribution in [2.75, 3.05) is 42.1 Å². The minimum Gasteiger partial charge on any atom is -0.411 e. The molecule has 2 heterocycles. The third-order valence-electron chi connectivity index (χ3n) is 5.41. The van der Waals surface area contributed by atoms with Crippen LogP contribution in [0.25, 0.3) is 11.5 Å². The van der Waals surface area contributed by atoms with Crippen LogP contribution < -0.4 is 10.2 Å². The monoisotopic (exact) mass is 499 g/mol. The van der Waals surface area contributed by atoms with Crippen LogP contribution in [-0.4, -0.2) is 58.8 Å². The number of hydrogen-bond acceptors (Lipinski definition) is 7. The molecule has 0 radical (unpaired) electrons. The minimum atomic E-state index is -0.166. The van der Waals surface area contributed by atoms with Crippen molar-refractivity contribution in [1.29, 1.82) is 0 Å². The van der Waals surface area contributed by atoms with Crippen LogP contribution in [0.3, 0.4) is 0 Å². The van der Waals surface area contributed by atoms with E-state index in [9.17, 15) is 9.59 Å². The van der Waals surface area contributed by atoms with E-state index in [1.54, 1.807) is 18.2 Å². The van der Waals surface area contributed by atoms with Gasteiger partial charge in [-0.3, -0.25) is 9.59 Å². The Kier molecular flexibility index (Phi) is 7.74. The van der Waals surface area contributed by atoms with E-state index in [-0.39, 0.29) is 23.5 Å². The van der Waals surface area contributed by atoms with Crippen LogP contribution in [0.15, 0.2) is 58.2 Å². The lowest BCUT2D eigenvalue weighted by atomic mass is 10.1. The largest absolute Gasteiger partial charge is 0.411 e. The van der Waals surface area contributed by atoms with Crippen LogP contribution in [0.4, 0.5) is 11.4 Å². The topological polar surface area (TPSA) is 91.6 Å². The summed E-state index contributed by atoms with van der Waals surface area (Å²) < 4.78 is 5.62. The van der Waals surface area contributed by atoms with Gasteiger partial charge in [-0.15, -0.1) is 10.2 Å². The molecular weight excluding hydrogens is 474 g/mol. The van der Waals surface area contributed by atoms with Crippen LogP contribution in [0, 0.1) is 5.92 Å². The zero-order valence-corrected chi connectivity index (χ0v) is 20.6. The number of benzene rings is 2. The molecule has 1 saturated heterocycles. The van der Waals surface area contributed by atoms with Crippen LogP contribution >= 0.6 is 23.4 Å². The van der Waals surface area contributed by atoms with Crippen molar-refractivity contribution in [1.82, 2.24) is 15.1 Å². The second-order valence-electron chi connectivity index (χ2n) is 8.23. The number of anilines is 2. The maximum Gasteiger partial charge on any atom is 0.277 e. The van der Waals surface area contributed by atoms with Gasteiger partial charge in [-0.2, -0.15) is 0 Å². The number of carbonyl (C=O) groups excluding carboxylic acids is 2. The quantitative estimate of drug-likeness (QED) is 0.481. The molecule has 0 unspecified atom stereocenters. The van der Waals surface area contributed by atoms with Crippen LogP contribution in [0.5, 0.6) is 0 Å². The van der Waals surface area contributed by atoms with E-state index in [2.05, 4.69) is 20.4 Å². The summed E-state index contributed by atoms with van der Waals surface area (Å²) in [7, 11) is 0. The highest BCUT2D eigenvalue weighted by Crippen LogP contribution is 2.25. The standard InChI is InChI=1S/C24H26ClN5O3S/c1-16(2)23(32)30-12-10-29(11-13-30)20-8-6-19(7-9-20)26-21(31)15-34-24-28-27-22(33-24)17-4-3-5-18(25)14-17/h3-9,14,16H,10-13,15H2,1-2H3,(H,26,31). The first-order valence-electron chi connectivity index (χ1n) is 11.0. The van der Waals surface area contributed by atoms with Crippen molar-refractivity contribution < 1.29 is 14.0 Å². The molecule has 0 bridgehead atoms. The number of nitrogens with zero attached hydrogens (tertiary/aromatic N) is 4. The van der Waals surface area contributed by atoms with Gasteiger partial charge in [0, 0.05) is 54.1 Å². The fraction of sp³-hybridized carbons (Fsp3) is 0.333. The Hall–Kier alpha value is -3.04. The summed E-state index contributed by atoms with van der Waals surface area (Å²) >= 11 is 7.17. The van der Waals surface area contributed by atoms with E-state index in [0.29, 0.717) is 21.8 Å². The molecule has 3 aromatic rings. The summed E-state index contributed by atoms with van der Waals surface area (Å²) in [5.74, 6) is 0.566. The van der Waals surface area contributed by atoms with Gasteiger partial charge in [0.05, 0.1) is 5.75 Å². The number of carbonyl (C=O) groups is 2. The third kappa shape index (κ3) is 6.09. The van der Waals surface area contributed by atoms with E-state index >= 15 is 0 Å². The number of amides is 2. The van der Waals surface area contributed by atoms with Crippen LogP contribution in [0.1, 0.15) is 13.8 Å². The Morgan fingerprint density at radius 1 is 1.09 bits per heavy atom. The first-order valence-corrected chi connectivity index (χ1v) is 12.4. The van der Waals surface area contributed by atoms with Crippen molar-refractivity contribution in [3.63, 3.8) is 0 Å². The number of rotatable bonds is 7. The fourth-order valence-corrected chi connectivity index (χ4v) is 4.39. The molecule has 2 amide bonds. The van der Waals surface area contributed by atoms with Crippen molar-refractivity contribution in [2.24, 2.45) is 5.92 Å². The molecule has 1 aliphatic rings. The van der Waals surface area contributed by atoms with E-state index in [1.165, 1.54) is 11.8 Å². The molecule has 10 heteroatoms. The Morgan fingerprint density at radius 3 is 2.50 bits per heavy atom. The normalized spacial score (nSPS) is 13.9. The Balaban J connectivity index is 1.25. The molecule has 34 heavy (non-hydrogen) atoms. The SMILES string of the molecule is CC(C)C(=O)N1CCN(c2ccc(NC(=O)CSc3nnc(-c4cccc(Cl)c4)o3)cc2)CC1. The molecule has 2 aromatic carbocycles. The van der Waals surface area contributed by atoms with E-state index < -0.39 is 0 Å². The lowest BCUT2D eigenvalue weighted by Crippen LogP contribution is -2.49. The third-order valence-corrected chi connectivity index (χ3v) is 6.46. The number of nitrogens with one attached hydrogen (secondary N) is 1. The van der Waals surface area contributed by atoms with Gasteiger partial charge in [0.1, 0.15) is 0 Å². The average molecular weight is 500 g/mol. The second-order valence-corrected chi connectivity index (χ2v) is 9.60. The molecule has 8 nitrogen and oxygen atoms in total. The highest BCUT2D eigenvalue weighted by Gasteiger charge is 2.23. The predicted octanol–water partition coefficient (Wildman–Crippen LogP) is 4.43. The van der Waals surface area contributed by atoms with E-state index in [0.717, 1.165) is 37.4 Å². The van der Waals surface area contributed by atoms with E-state index in [4.69, 9.17) is 16.0 Å². The Bertz CT molecular complexity index is 1140. The van der Waals surface area contributed by atoms with E-state index in [1.807, 2.05) is 49.1 Å². The molecule has 0 aliphatic carbocycles. The molecule has 1 N–H and O–H groups in total. The maximum absolute atomic E-state index is 12.4. The lowest BCUT2D eigenvalue weighted by molar-refractivity contribution is -0.134. The molecule has 4 rings (SSSR count). The molecule has 1 aliphatic heterocycles. The van der Waals surface area contributed by atoms with Gasteiger partial charge < -0.3 is 19.5 Å². The smallest absolute Gasteiger partial charge is 0.277 e. The van der Waals surface area contributed by atoms with Gasteiger partial charge in [-0.05, 0) is 42.5 Å². The zero-order chi connectivity index (χ0) is 24.1. The second kappa shape index (κ2) is 10.9.